The van der Waals surface area contributed by atoms with Crippen LogP contribution in [-0.4, -0.2) is 39.4 Å². The number of aromatic nitrogens is 1. The molecule has 0 spiro atoms. The van der Waals surface area contributed by atoms with Crippen LogP contribution < -0.4 is 5.32 Å². The minimum absolute atomic E-state index is 0.197. The van der Waals surface area contributed by atoms with Crippen molar-refractivity contribution in [3.63, 3.8) is 0 Å². The smallest absolute Gasteiger partial charge is 0.220 e. The monoisotopic (exact) mass is 316 g/mol. The minimum atomic E-state index is -1.07. The van der Waals surface area contributed by atoms with Crippen molar-refractivity contribution < 1.29 is 15.0 Å². The van der Waals surface area contributed by atoms with E-state index in [1.807, 2.05) is 0 Å². The second-order valence-electron chi connectivity index (χ2n) is 5.44. The fourth-order valence-corrected chi connectivity index (χ4v) is 2.24. The molecule has 2 rings (SSSR count). The van der Waals surface area contributed by atoms with Crippen LogP contribution in [0.5, 0.6) is 0 Å². The summed E-state index contributed by atoms with van der Waals surface area (Å²) in [6.45, 7) is -0.388. The summed E-state index contributed by atoms with van der Waals surface area (Å²) < 4.78 is 0. The minimum Gasteiger partial charge on any atom is -0.394 e. The molecule has 7 heteroatoms. The van der Waals surface area contributed by atoms with E-state index in [0.717, 1.165) is 0 Å². The number of aliphatic hydroxyl groups is 2. The number of carbonyl (C=O) groups is 1. The second kappa shape index (κ2) is 7.81. The van der Waals surface area contributed by atoms with Crippen molar-refractivity contribution in [1.82, 2.24) is 10.3 Å². The molecule has 0 aliphatic carbocycles. The lowest BCUT2D eigenvalue weighted by molar-refractivity contribution is -0.123. The Morgan fingerprint density at radius 1 is 1.39 bits per heavy atom. The molecule has 23 heavy (non-hydrogen) atoms. The molecule has 7 nitrogen and oxygen atoms in total. The van der Waals surface area contributed by atoms with Crippen LogP contribution in [0.4, 0.5) is 0 Å². The summed E-state index contributed by atoms with van der Waals surface area (Å²) in [5.74, 6) is 2.25. The van der Waals surface area contributed by atoms with E-state index in [1.54, 1.807) is 24.4 Å². The maximum absolute atomic E-state index is 12.0. The Morgan fingerprint density at radius 3 is 2.74 bits per heavy atom. The average molecular weight is 316 g/mol. The highest BCUT2D eigenvalue weighted by Crippen LogP contribution is 2.37. The highest BCUT2D eigenvalue weighted by Gasteiger charge is 2.39. The number of nitrogens with one attached hydrogen (secondary N) is 1. The molecule has 1 aromatic heterocycles. The molecule has 0 bridgehead atoms. The Balaban J connectivity index is 1.82. The molecule has 0 fully saturated rings. The van der Waals surface area contributed by atoms with Gasteiger partial charge in [-0.1, -0.05) is 6.07 Å². The van der Waals surface area contributed by atoms with E-state index in [-0.39, 0.29) is 18.9 Å². The van der Waals surface area contributed by atoms with E-state index >= 15 is 0 Å². The van der Waals surface area contributed by atoms with Crippen molar-refractivity contribution in [3.05, 3.63) is 30.1 Å². The second-order valence-corrected chi connectivity index (χ2v) is 5.44. The van der Waals surface area contributed by atoms with Gasteiger partial charge in [-0.15, -0.1) is 12.3 Å². The SMILES string of the molecule is C#CCCC1(CCC(=O)NC(CO)C(O)c2ccccn2)N=N1. The summed E-state index contributed by atoms with van der Waals surface area (Å²) >= 11 is 0. The van der Waals surface area contributed by atoms with Gasteiger partial charge in [0.15, 0.2) is 5.66 Å². The van der Waals surface area contributed by atoms with Gasteiger partial charge in [-0.2, -0.15) is 10.2 Å². The molecule has 0 radical (unpaired) electrons. The molecule has 122 valence electrons. The van der Waals surface area contributed by atoms with Crippen LogP contribution >= 0.6 is 0 Å². The lowest BCUT2D eigenvalue weighted by Gasteiger charge is -2.22. The average Bonchev–Trinajstić information content (AvgIpc) is 3.36. The van der Waals surface area contributed by atoms with Gasteiger partial charge < -0.3 is 15.5 Å². The van der Waals surface area contributed by atoms with Crippen molar-refractivity contribution in [2.45, 2.75) is 43.5 Å². The van der Waals surface area contributed by atoms with Crippen molar-refractivity contribution in [3.8, 4) is 12.3 Å². The Labute approximate surface area is 134 Å². The molecule has 1 aliphatic rings. The lowest BCUT2D eigenvalue weighted by Crippen LogP contribution is -2.42. The number of nitrogens with zero attached hydrogens (tertiary/aromatic N) is 3. The van der Waals surface area contributed by atoms with Gasteiger partial charge in [0, 0.05) is 31.9 Å². The lowest BCUT2D eigenvalue weighted by atomic mass is 10.0. The Bertz CT molecular complexity index is 591. The van der Waals surface area contributed by atoms with Crippen LogP contribution in [0.2, 0.25) is 0 Å². The number of rotatable bonds is 9. The van der Waals surface area contributed by atoms with Crippen LogP contribution in [0.1, 0.15) is 37.5 Å². The van der Waals surface area contributed by atoms with Gasteiger partial charge in [-0.05, 0) is 12.1 Å². The molecule has 0 aromatic carbocycles. The normalized spacial score (nSPS) is 17.1. The van der Waals surface area contributed by atoms with Crippen molar-refractivity contribution in [2.24, 2.45) is 10.2 Å². The molecular weight excluding hydrogens is 296 g/mol. The van der Waals surface area contributed by atoms with Crippen molar-refractivity contribution in [2.75, 3.05) is 6.61 Å². The van der Waals surface area contributed by atoms with E-state index in [1.165, 1.54) is 0 Å². The molecule has 0 saturated carbocycles. The summed E-state index contributed by atoms with van der Waals surface area (Å²) in [6, 6.07) is 4.27. The van der Waals surface area contributed by atoms with Crippen LogP contribution in [-0.2, 0) is 4.79 Å². The Hall–Kier alpha value is -2.30. The topological polar surface area (TPSA) is 107 Å². The quantitative estimate of drug-likeness (QED) is 0.589. The summed E-state index contributed by atoms with van der Waals surface area (Å²) in [4.78, 5) is 16.0. The standard InChI is InChI=1S/C16H20N4O3/c1-2-3-8-16(19-20-16)9-7-14(22)18-13(11-21)15(23)12-6-4-5-10-17-12/h1,4-6,10,13,15,21,23H,3,7-9,11H2,(H,18,22). The number of hydrogen-bond donors (Lipinski definition) is 3. The zero-order chi connectivity index (χ0) is 16.7. The molecule has 2 atom stereocenters. The third-order valence-corrected chi connectivity index (χ3v) is 3.72. The summed E-state index contributed by atoms with van der Waals surface area (Å²) in [7, 11) is 0. The summed E-state index contributed by atoms with van der Waals surface area (Å²) in [5, 5.41) is 30.1. The maximum Gasteiger partial charge on any atom is 0.220 e. The Kier molecular flexibility index (Phi) is 5.79. The fourth-order valence-electron chi connectivity index (χ4n) is 2.24. The molecule has 1 amide bonds. The van der Waals surface area contributed by atoms with E-state index in [4.69, 9.17) is 6.42 Å². The predicted molar refractivity (Wildman–Crippen MR) is 83.1 cm³/mol. The number of amides is 1. The maximum atomic E-state index is 12.0. The molecule has 1 aliphatic heterocycles. The highest BCUT2D eigenvalue weighted by atomic mass is 16.3. The van der Waals surface area contributed by atoms with Crippen LogP contribution in [0, 0.1) is 12.3 Å². The van der Waals surface area contributed by atoms with Gasteiger partial charge in [-0.25, -0.2) is 0 Å². The first-order valence-corrected chi connectivity index (χ1v) is 7.47. The fraction of sp³-hybridized carbons (Fsp3) is 0.500. The Morgan fingerprint density at radius 2 is 2.17 bits per heavy atom. The summed E-state index contributed by atoms with van der Waals surface area (Å²) in [6.07, 6.45) is 7.55. The first kappa shape index (κ1) is 17.1. The van der Waals surface area contributed by atoms with E-state index in [9.17, 15) is 15.0 Å². The third kappa shape index (κ3) is 4.84. The molecule has 1 aromatic rings. The van der Waals surface area contributed by atoms with Gasteiger partial charge >= 0.3 is 0 Å². The van der Waals surface area contributed by atoms with Crippen molar-refractivity contribution in [1.29, 1.82) is 0 Å². The molecule has 2 heterocycles. The zero-order valence-corrected chi connectivity index (χ0v) is 12.7. The molecular formula is C16H20N4O3. The van der Waals surface area contributed by atoms with Gasteiger partial charge in [0.25, 0.3) is 0 Å². The van der Waals surface area contributed by atoms with E-state index in [0.29, 0.717) is 25.0 Å². The first-order chi connectivity index (χ1) is 11.1. The van der Waals surface area contributed by atoms with Crippen molar-refractivity contribution >= 4 is 5.91 Å². The number of carbonyl (C=O) groups excluding carboxylic acids is 1. The van der Waals surface area contributed by atoms with Crippen LogP contribution in [0.15, 0.2) is 34.6 Å². The first-order valence-electron chi connectivity index (χ1n) is 7.47. The highest BCUT2D eigenvalue weighted by molar-refractivity contribution is 5.76. The number of terminal acetylenes is 1. The molecule has 2 unspecified atom stereocenters. The molecule has 0 saturated heterocycles. The zero-order valence-electron chi connectivity index (χ0n) is 12.7. The predicted octanol–water partition coefficient (Wildman–Crippen LogP) is 0.948. The van der Waals surface area contributed by atoms with Gasteiger partial charge in [0.1, 0.15) is 6.10 Å². The number of aliphatic hydroxyl groups excluding tert-OH is 2. The number of pyridine rings is 1. The number of hydrogen-bond acceptors (Lipinski definition) is 6. The largest absolute Gasteiger partial charge is 0.394 e. The van der Waals surface area contributed by atoms with Crippen LogP contribution in [0.3, 0.4) is 0 Å². The summed E-state index contributed by atoms with van der Waals surface area (Å²) in [5.41, 5.74) is -0.123. The molecule has 3 N–H and O–H groups in total. The van der Waals surface area contributed by atoms with Gasteiger partial charge in [0.05, 0.1) is 18.3 Å². The van der Waals surface area contributed by atoms with Gasteiger partial charge in [-0.3, -0.25) is 9.78 Å². The third-order valence-electron chi connectivity index (χ3n) is 3.72. The van der Waals surface area contributed by atoms with Gasteiger partial charge in [0.2, 0.25) is 5.91 Å². The van der Waals surface area contributed by atoms with E-state index < -0.39 is 17.8 Å². The van der Waals surface area contributed by atoms with Crippen LogP contribution in [0.25, 0.3) is 0 Å². The van der Waals surface area contributed by atoms with E-state index in [2.05, 4.69) is 26.4 Å².